The van der Waals surface area contributed by atoms with E-state index in [2.05, 4.69) is 0 Å². The Kier molecular flexibility index (Phi) is 6.98. The molecule has 0 heterocycles. The molecule has 0 radical (unpaired) electrons. The Bertz CT molecular complexity index is 275. The minimum Gasteiger partial charge on any atom is -0.330 e. The normalized spacial score (nSPS) is 13.0. The molecule has 16 heavy (non-hydrogen) atoms. The van der Waals surface area contributed by atoms with Gasteiger partial charge < -0.3 is 5.73 Å². The van der Waals surface area contributed by atoms with Crippen LogP contribution < -0.4 is 5.73 Å². The molecule has 3 nitrogen and oxygen atoms in total. The van der Waals surface area contributed by atoms with E-state index < -0.39 is 21.1 Å². The topological polar surface area (TPSA) is 60.2 Å². The number of nitrogens with two attached hydrogens (primary N) is 1. The van der Waals surface area contributed by atoms with Crippen molar-refractivity contribution in [2.24, 2.45) is 5.73 Å². The van der Waals surface area contributed by atoms with Gasteiger partial charge in [-0.15, -0.1) is 0 Å². The van der Waals surface area contributed by atoms with Gasteiger partial charge in [-0.1, -0.05) is 25.7 Å². The number of sulfone groups is 1. The first-order chi connectivity index (χ1) is 7.31. The second kappa shape index (κ2) is 7.11. The quantitative estimate of drug-likeness (QED) is 0.681. The van der Waals surface area contributed by atoms with Gasteiger partial charge >= 0.3 is 5.51 Å². The van der Waals surface area contributed by atoms with E-state index in [0.29, 0.717) is 13.0 Å². The van der Waals surface area contributed by atoms with Crippen molar-refractivity contribution < 1.29 is 21.6 Å². The highest BCUT2D eigenvalue weighted by Crippen LogP contribution is 2.24. The van der Waals surface area contributed by atoms with Crippen LogP contribution in [0.2, 0.25) is 0 Å². The van der Waals surface area contributed by atoms with Gasteiger partial charge in [0.1, 0.15) is 0 Å². The fraction of sp³-hybridized carbons (Fsp3) is 1.00. The Morgan fingerprint density at radius 1 is 0.875 bits per heavy atom. The molecule has 0 spiro atoms. The van der Waals surface area contributed by atoms with E-state index in [0.717, 1.165) is 25.7 Å². The van der Waals surface area contributed by atoms with Crippen LogP contribution in [0.15, 0.2) is 0 Å². The molecule has 0 atom stereocenters. The third kappa shape index (κ3) is 6.32. The Balaban J connectivity index is 3.60. The summed E-state index contributed by atoms with van der Waals surface area (Å²) < 4.78 is 57.0. The summed E-state index contributed by atoms with van der Waals surface area (Å²) in [7, 11) is -4.92. The molecule has 98 valence electrons. The second-order valence-electron chi connectivity index (χ2n) is 3.67. The van der Waals surface area contributed by atoms with Crippen LogP contribution in [0, 0.1) is 0 Å². The predicted molar refractivity (Wildman–Crippen MR) is 56.6 cm³/mol. The van der Waals surface area contributed by atoms with E-state index >= 15 is 0 Å². The van der Waals surface area contributed by atoms with Crippen molar-refractivity contribution in [3.05, 3.63) is 0 Å². The third-order valence-electron chi connectivity index (χ3n) is 2.22. The molecule has 2 N–H and O–H groups in total. The van der Waals surface area contributed by atoms with E-state index in [1.807, 2.05) is 0 Å². The van der Waals surface area contributed by atoms with Crippen LogP contribution in [0.25, 0.3) is 0 Å². The van der Waals surface area contributed by atoms with Gasteiger partial charge in [0, 0.05) is 0 Å². The first-order valence-electron chi connectivity index (χ1n) is 5.30. The molecule has 0 aliphatic heterocycles. The van der Waals surface area contributed by atoms with Crippen molar-refractivity contribution >= 4 is 9.84 Å². The second-order valence-corrected chi connectivity index (χ2v) is 5.78. The molecule has 0 aromatic heterocycles. The fourth-order valence-electron chi connectivity index (χ4n) is 1.26. The van der Waals surface area contributed by atoms with Crippen molar-refractivity contribution in [1.82, 2.24) is 0 Å². The third-order valence-corrected chi connectivity index (χ3v) is 3.75. The average molecular weight is 261 g/mol. The van der Waals surface area contributed by atoms with E-state index in [1.54, 1.807) is 0 Å². The molecule has 0 amide bonds. The van der Waals surface area contributed by atoms with Crippen molar-refractivity contribution in [3.63, 3.8) is 0 Å². The maximum atomic E-state index is 11.9. The summed E-state index contributed by atoms with van der Waals surface area (Å²) in [6.07, 6.45) is 4.09. The Hall–Kier alpha value is -0.300. The van der Waals surface area contributed by atoms with E-state index in [1.165, 1.54) is 0 Å². The highest BCUT2D eigenvalue weighted by atomic mass is 32.2. The number of rotatable bonds is 8. The van der Waals surface area contributed by atoms with Gasteiger partial charge in [-0.05, 0) is 19.4 Å². The lowest BCUT2D eigenvalue weighted by Gasteiger charge is -2.07. The average Bonchev–Trinajstić information content (AvgIpc) is 2.14. The summed E-state index contributed by atoms with van der Waals surface area (Å²) in [5.41, 5.74) is 0.165. The summed E-state index contributed by atoms with van der Waals surface area (Å²) in [5, 5.41) is 0. The fourth-order valence-corrected chi connectivity index (χ4v) is 2.07. The summed E-state index contributed by atoms with van der Waals surface area (Å²) in [6, 6.07) is 0. The van der Waals surface area contributed by atoms with Crippen LogP contribution in [0.3, 0.4) is 0 Å². The minimum atomic E-state index is -5.10. The first kappa shape index (κ1) is 15.7. The van der Waals surface area contributed by atoms with Crippen LogP contribution in [0.5, 0.6) is 0 Å². The Morgan fingerprint density at radius 2 is 1.31 bits per heavy atom. The zero-order valence-electron chi connectivity index (χ0n) is 9.09. The van der Waals surface area contributed by atoms with Crippen LogP contribution in [0.1, 0.15) is 38.5 Å². The van der Waals surface area contributed by atoms with Gasteiger partial charge in [-0.3, -0.25) is 0 Å². The molecule has 0 saturated heterocycles. The highest BCUT2D eigenvalue weighted by molar-refractivity contribution is 7.92. The lowest BCUT2D eigenvalue weighted by molar-refractivity contribution is -0.0435. The predicted octanol–water partition coefficient (Wildman–Crippen LogP) is 2.22. The molecular formula is C9H18F3NO2S. The van der Waals surface area contributed by atoms with Crippen LogP contribution in [0.4, 0.5) is 13.2 Å². The molecule has 0 fully saturated rings. The molecule has 0 rings (SSSR count). The molecule has 0 saturated carbocycles. The van der Waals surface area contributed by atoms with Crippen LogP contribution >= 0.6 is 0 Å². The maximum Gasteiger partial charge on any atom is 0.497 e. The van der Waals surface area contributed by atoms with E-state index in [4.69, 9.17) is 5.73 Å². The van der Waals surface area contributed by atoms with Crippen LogP contribution in [-0.2, 0) is 9.84 Å². The molecule has 0 aromatic rings. The van der Waals surface area contributed by atoms with Crippen molar-refractivity contribution in [1.29, 1.82) is 0 Å². The maximum absolute atomic E-state index is 11.9. The minimum absolute atomic E-state index is 0.0739. The monoisotopic (exact) mass is 261 g/mol. The lowest BCUT2D eigenvalue weighted by Crippen LogP contribution is -2.26. The Labute approximate surface area is 94.1 Å². The largest absolute Gasteiger partial charge is 0.497 e. The van der Waals surface area contributed by atoms with E-state index in [-0.39, 0.29) is 6.42 Å². The number of alkyl halides is 3. The first-order valence-corrected chi connectivity index (χ1v) is 6.95. The number of unbranched alkanes of at least 4 members (excludes halogenated alkanes) is 5. The van der Waals surface area contributed by atoms with Gasteiger partial charge in [0.15, 0.2) is 0 Å². The number of hydrogen-bond acceptors (Lipinski definition) is 3. The van der Waals surface area contributed by atoms with Gasteiger partial charge in [-0.2, -0.15) is 13.2 Å². The zero-order valence-corrected chi connectivity index (χ0v) is 9.91. The summed E-state index contributed by atoms with van der Waals surface area (Å²) in [4.78, 5) is 0. The van der Waals surface area contributed by atoms with Gasteiger partial charge in [0.2, 0.25) is 9.84 Å². The van der Waals surface area contributed by atoms with Crippen molar-refractivity contribution in [2.45, 2.75) is 44.0 Å². The summed E-state index contributed by atoms with van der Waals surface area (Å²) in [5.74, 6) is -0.798. The standard InChI is InChI=1S/C9H18F3NO2S/c10-9(11,12)16(14,15)8-6-4-2-1-3-5-7-13/h1-8,13H2. The lowest BCUT2D eigenvalue weighted by atomic mass is 10.1. The molecule has 0 bridgehead atoms. The molecule has 0 aromatic carbocycles. The molecule has 0 unspecified atom stereocenters. The summed E-state index contributed by atoms with van der Waals surface area (Å²) in [6.45, 7) is 0.614. The number of halogens is 3. The van der Waals surface area contributed by atoms with Gasteiger partial charge in [0.05, 0.1) is 5.75 Å². The smallest absolute Gasteiger partial charge is 0.330 e. The summed E-state index contributed by atoms with van der Waals surface area (Å²) >= 11 is 0. The SMILES string of the molecule is NCCCCCCCCS(=O)(=O)C(F)(F)F. The number of hydrogen-bond donors (Lipinski definition) is 1. The molecular weight excluding hydrogens is 243 g/mol. The van der Waals surface area contributed by atoms with E-state index in [9.17, 15) is 21.6 Å². The zero-order chi connectivity index (χ0) is 12.7. The van der Waals surface area contributed by atoms with Crippen molar-refractivity contribution in [2.75, 3.05) is 12.3 Å². The van der Waals surface area contributed by atoms with Gasteiger partial charge in [0.25, 0.3) is 0 Å². The van der Waals surface area contributed by atoms with Crippen LogP contribution in [-0.4, -0.2) is 26.2 Å². The molecule has 0 aliphatic carbocycles. The molecule has 0 aliphatic rings. The van der Waals surface area contributed by atoms with Crippen molar-refractivity contribution in [3.8, 4) is 0 Å². The molecule has 7 heteroatoms. The van der Waals surface area contributed by atoms with Gasteiger partial charge in [-0.25, -0.2) is 8.42 Å². The highest BCUT2D eigenvalue weighted by Gasteiger charge is 2.44. The Morgan fingerprint density at radius 3 is 1.75 bits per heavy atom.